The van der Waals surface area contributed by atoms with Gasteiger partial charge in [0.1, 0.15) is 11.6 Å². The Morgan fingerprint density at radius 2 is 1.76 bits per heavy atom. The Kier molecular flexibility index (Phi) is 7.13. The molecule has 0 unspecified atom stereocenters. The summed E-state index contributed by atoms with van der Waals surface area (Å²) in [4.78, 5) is 27.4. The molecule has 1 saturated heterocycles. The first kappa shape index (κ1) is 24.1. The molecule has 178 valence electrons. The summed E-state index contributed by atoms with van der Waals surface area (Å²) in [6.45, 7) is 4.71. The van der Waals surface area contributed by atoms with Gasteiger partial charge in [-0.3, -0.25) is 10.1 Å². The number of hydrogen-bond donors (Lipinski definition) is 3. The lowest BCUT2D eigenvalue weighted by atomic mass is 9.96. The predicted octanol–water partition coefficient (Wildman–Crippen LogP) is 5.49. The molecule has 10 heteroatoms. The van der Waals surface area contributed by atoms with E-state index < -0.39 is 0 Å². The van der Waals surface area contributed by atoms with Crippen molar-refractivity contribution in [2.45, 2.75) is 26.7 Å². The van der Waals surface area contributed by atoms with Gasteiger partial charge in [-0.05, 0) is 69.2 Å². The molecule has 3 N–H and O–H groups in total. The number of carbonyl (C=O) groups is 2. The fraction of sp³-hybridized carbons (Fsp3) is 0.292. The van der Waals surface area contributed by atoms with E-state index in [4.69, 9.17) is 11.6 Å². The largest absolute Gasteiger partial charge is 0.506 e. The third-order valence-corrected chi connectivity index (χ3v) is 6.79. The van der Waals surface area contributed by atoms with Crippen molar-refractivity contribution >= 4 is 51.0 Å². The van der Waals surface area contributed by atoms with E-state index >= 15 is 0 Å². The van der Waals surface area contributed by atoms with Gasteiger partial charge in [0, 0.05) is 34.1 Å². The second-order valence-corrected chi connectivity index (χ2v) is 9.64. The minimum absolute atomic E-state index is 0.0392. The maximum absolute atomic E-state index is 13.0. The Hall–Kier alpha value is -3.04. The van der Waals surface area contributed by atoms with Crippen molar-refractivity contribution in [2.24, 2.45) is 5.92 Å². The molecule has 0 radical (unpaired) electrons. The summed E-state index contributed by atoms with van der Waals surface area (Å²) in [7, 11) is 0. The van der Waals surface area contributed by atoms with Crippen LogP contribution in [0.3, 0.4) is 0 Å². The van der Waals surface area contributed by atoms with E-state index in [2.05, 4.69) is 31.7 Å². The van der Waals surface area contributed by atoms with Crippen LogP contribution in [0.25, 0.3) is 5.69 Å². The molecule has 1 aliphatic rings. The highest BCUT2D eigenvalue weighted by molar-refractivity contribution is 9.10. The van der Waals surface area contributed by atoms with Crippen molar-refractivity contribution in [3.05, 3.63) is 63.2 Å². The summed E-state index contributed by atoms with van der Waals surface area (Å²) in [6.07, 6.45) is 1.04. The molecule has 8 nitrogen and oxygen atoms in total. The van der Waals surface area contributed by atoms with Gasteiger partial charge in [0.2, 0.25) is 5.91 Å². The summed E-state index contributed by atoms with van der Waals surface area (Å²) in [5.41, 5.74) is 2.85. The average molecular weight is 547 g/mol. The third kappa shape index (κ3) is 5.20. The molecule has 4 rings (SSSR count). The number of anilines is 2. The van der Waals surface area contributed by atoms with Crippen LogP contribution >= 0.6 is 27.5 Å². The second-order valence-electron chi connectivity index (χ2n) is 8.29. The number of carbonyl (C=O) groups excluding carboxylic acids is 2. The van der Waals surface area contributed by atoms with Crippen LogP contribution < -0.4 is 10.6 Å². The maximum Gasteiger partial charge on any atom is 0.323 e. The first-order chi connectivity index (χ1) is 16.2. The van der Waals surface area contributed by atoms with Crippen molar-refractivity contribution in [1.82, 2.24) is 14.7 Å². The van der Waals surface area contributed by atoms with Gasteiger partial charge in [0.05, 0.1) is 17.1 Å². The van der Waals surface area contributed by atoms with Crippen LogP contribution in [0.4, 0.5) is 16.3 Å². The maximum atomic E-state index is 13.0. The van der Waals surface area contributed by atoms with E-state index in [0.29, 0.717) is 36.8 Å². The highest BCUT2D eigenvalue weighted by Gasteiger charge is 2.29. The number of aromatic hydroxyl groups is 1. The van der Waals surface area contributed by atoms with Gasteiger partial charge >= 0.3 is 6.03 Å². The van der Waals surface area contributed by atoms with E-state index in [1.54, 1.807) is 15.6 Å². The highest BCUT2D eigenvalue weighted by atomic mass is 79.9. The number of amides is 3. The van der Waals surface area contributed by atoms with Crippen molar-refractivity contribution in [3.63, 3.8) is 0 Å². The van der Waals surface area contributed by atoms with Crippen LogP contribution in [0.2, 0.25) is 5.02 Å². The number of phenols is 1. The van der Waals surface area contributed by atoms with Crippen molar-refractivity contribution in [3.8, 4) is 11.4 Å². The molecule has 0 atom stereocenters. The number of benzene rings is 2. The molecule has 0 aliphatic carbocycles. The predicted molar refractivity (Wildman–Crippen MR) is 136 cm³/mol. The van der Waals surface area contributed by atoms with E-state index in [-0.39, 0.29) is 29.3 Å². The molecule has 0 bridgehead atoms. The smallest absolute Gasteiger partial charge is 0.323 e. The second kappa shape index (κ2) is 10.1. The van der Waals surface area contributed by atoms with Gasteiger partial charge in [-0.2, -0.15) is 5.10 Å². The van der Waals surface area contributed by atoms with Crippen molar-refractivity contribution < 1.29 is 14.7 Å². The Balaban J connectivity index is 1.39. The number of halogens is 2. The van der Waals surface area contributed by atoms with E-state index in [1.807, 2.05) is 38.1 Å². The SMILES string of the molecule is Cc1nn(-c2ccc(Br)cc2)c(NC(=O)N2CCC(C(=O)Nc3cc(Cl)ccc3O)CC2)c1C. The first-order valence-corrected chi connectivity index (χ1v) is 12.1. The molecule has 1 aromatic heterocycles. The normalized spacial score (nSPS) is 14.2. The third-order valence-electron chi connectivity index (χ3n) is 6.03. The quantitative estimate of drug-likeness (QED) is 0.377. The molecule has 1 aliphatic heterocycles. The number of phenolic OH excluding ortho intramolecular Hbond substituents is 1. The standard InChI is InChI=1S/C24H25BrClN5O3/c1-14-15(2)29-31(19-6-3-17(25)4-7-19)22(14)28-24(34)30-11-9-16(10-12-30)23(33)27-20-13-18(26)5-8-21(20)32/h3-8,13,16,32H,9-12H2,1-2H3,(H,27,33)(H,28,34). The van der Waals surface area contributed by atoms with Crippen LogP contribution in [0.15, 0.2) is 46.9 Å². The number of likely N-dealkylation sites (tertiary alicyclic amines) is 1. The summed E-state index contributed by atoms with van der Waals surface area (Å²) in [5.74, 6) is 0.126. The molecule has 2 heterocycles. The summed E-state index contributed by atoms with van der Waals surface area (Å²) >= 11 is 9.39. The average Bonchev–Trinajstić information content (AvgIpc) is 3.10. The topological polar surface area (TPSA) is 99.5 Å². The van der Waals surface area contributed by atoms with Crippen LogP contribution in [0.5, 0.6) is 5.75 Å². The fourth-order valence-corrected chi connectivity index (χ4v) is 4.33. The van der Waals surface area contributed by atoms with Gasteiger partial charge in [-0.15, -0.1) is 0 Å². The molecule has 34 heavy (non-hydrogen) atoms. The number of nitrogens with zero attached hydrogens (tertiary/aromatic N) is 3. The Bertz CT molecular complexity index is 1220. The zero-order chi connectivity index (χ0) is 24.4. The van der Waals surface area contributed by atoms with Crippen LogP contribution in [0, 0.1) is 19.8 Å². The number of aromatic nitrogens is 2. The summed E-state index contributed by atoms with van der Waals surface area (Å²) in [6, 6.07) is 12.0. The van der Waals surface area contributed by atoms with E-state index in [0.717, 1.165) is 21.4 Å². The Morgan fingerprint density at radius 1 is 1.09 bits per heavy atom. The van der Waals surface area contributed by atoms with Gasteiger partial charge in [-0.25, -0.2) is 9.48 Å². The molecular weight excluding hydrogens is 522 g/mol. The number of urea groups is 1. The number of piperidine rings is 1. The highest BCUT2D eigenvalue weighted by Crippen LogP contribution is 2.29. The number of nitrogens with one attached hydrogen (secondary N) is 2. The lowest BCUT2D eigenvalue weighted by Crippen LogP contribution is -2.43. The molecule has 0 spiro atoms. The van der Waals surface area contributed by atoms with Gasteiger partial charge in [-0.1, -0.05) is 27.5 Å². The Morgan fingerprint density at radius 3 is 2.44 bits per heavy atom. The van der Waals surface area contributed by atoms with Crippen molar-refractivity contribution in [2.75, 3.05) is 23.7 Å². The van der Waals surface area contributed by atoms with Gasteiger partial charge in [0.15, 0.2) is 0 Å². The molecule has 3 amide bonds. The molecule has 3 aromatic rings. The number of aryl methyl sites for hydroxylation is 1. The van der Waals surface area contributed by atoms with Crippen LogP contribution in [-0.2, 0) is 4.79 Å². The van der Waals surface area contributed by atoms with Crippen LogP contribution in [0.1, 0.15) is 24.1 Å². The minimum Gasteiger partial charge on any atom is -0.506 e. The fourth-order valence-electron chi connectivity index (χ4n) is 3.89. The Labute approximate surface area is 211 Å². The molecule has 2 aromatic carbocycles. The number of rotatable bonds is 4. The summed E-state index contributed by atoms with van der Waals surface area (Å²) < 4.78 is 2.69. The first-order valence-electron chi connectivity index (χ1n) is 10.9. The van der Waals surface area contributed by atoms with Crippen LogP contribution in [-0.4, -0.2) is 44.8 Å². The zero-order valence-electron chi connectivity index (χ0n) is 18.8. The van der Waals surface area contributed by atoms with E-state index in [9.17, 15) is 14.7 Å². The monoisotopic (exact) mass is 545 g/mol. The zero-order valence-corrected chi connectivity index (χ0v) is 21.2. The molecule has 1 fully saturated rings. The number of hydrogen-bond acceptors (Lipinski definition) is 4. The summed E-state index contributed by atoms with van der Waals surface area (Å²) in [5, 5.41) is 20.7. The minimum atomic E-state index is -0.264. The lowest BCUT2D eigenvalue weighted by molar-refractivity contribution is -0.121. The lowest BCUT2D eigenvalue weighted by Gasteiger charge is -2.31. The van der Waals surface area contributed by atoms with Gasteiger partial charge in [0.25, 0.3) is 0 Å². The molecular formula is C24H25BrClN5O3. The van der Waals surface area contributed by atoms with E-state index in [1.165, 1.54) is 12.1 Å². The molecule has 0 saturated carbocycles. The van der Waals surface area contributed by atoms with Gasteiger partial charge < -0.3 is 15.3 Å². The van der Waals surface area contributed by atoms with Crippen molar-refractivity contribution in [1.29, 1.82) is 0 Å².